The normalized spacial score (nSPS) is 26.0. The number of hydrogen-bond acceptors (Lipinski definition) is 5. The molecule has 2 aromatic heterocycles. The smallest absolute Gasteiger partial charge is 0.280 e. The minimum absolute atomic E-state index is 0.147. The van der Waals surface area contributed by atoms with Crippen LogP contribution in [0.4, 0.5) is 8.78 Å². The summed E-state index contributed by atoms with van der Waals surface area (Å²) in [5.74, 6) is 1.47. The molecule has 0 aliphatic carbocycles. The first kappa shape index (κ1) is 17.7. The number of fused-ring (bicyclic) bond motifs is 1. The fourth-order valence-electron chi connectivity index (χ4n) is 4.21. The van der Waals surface area contributed by atoms with Crippen LogP contribution in [0, 0.1) is 11.8 Å². The Morgan fingerprint density at radius 2 is 2.08 bits per heavy atom. The van der Waals surface area contributed by atoms with Crippen molar-refractivity contribution in [1.29, 1.82) is 0 Å². The third kappa shape index (κ3) is 3.57. The van der Waals surface area contributed by atoms with E-state index in [2.05, 4.69) is 26.9 Å². The van der Waals surface area contributed by atoms with Gasteiger partial charge in [0.2, 0.25) is 0 Å². The highest BCUT2D eigenvalue weighted by Crippen LogP contribution is 2.34. The predicted octanol–water partition coefficient (Wildman–Crippen LogP) is 2.91. The molecule has 0 spiro atoms. The fourth-order valence-corrected chi connectivity index (χ4v) is 4.21. The zero-order valence-corrected chi connectivity index (χ0v) is 15.0. The molecule has 0 unspecified atom stereocenters. The third-order valence-electron chi connectivity index (χ3n) is 5.80. The summed E-state index contributed by atoms with van der Waals surface area (Å²) in [4.78, 5) is 10.5. The molecular weight excluding hydrogens is 340 g/mol. The molecule has 8 heteroatoms. The zero-order valence-electron chi connectivity index (χ0n) is 15.0. The van der Waals surface area contributed by atoms with E-state index in [0.717, 1.165) is 57.8 Å². The molecule has 26 heavy (non-hydrogen) atoms. The lowest BCUT2D eigenvalue weighted by Crippen LogP contribution is -2.42. The quantitative estimate of drug-likeness (QED) is 0.834. The van der Waals surface area contributed by atoms with Gasteiger partial charge in [-0.05, 0) is 43.7 Å². The van der Waals surface area contributed by atoms with Crippen LogP contribution in [0.2, 0.25) is 0 Å². The molecule has 2 aliphatic rings. The van der Waals surface area contributed by atoms with Gasteiger partial charge in [0.05, 0.1) is 5.69 Å². The second-order valence-corrected chi connectivity index (χ2v) is 7.57. The van der Waals surface area contributed by atoms with E-state index in [4.69, 9.17) is 4.74 Å². The van der Waals surface area contributed by atoms with E-state index in [-0.39, 0.29) is 17.4 Å². The van der Waals surface area contributed by atoms with Crippen molar-refractivity contribution in [2.75, 3.05) is 32.8 Å². The van der Waals surface area contributed by atoms with Crippen LogP contribution in [0.15, 0.2) is 12.4 Å². The molecule has 2 fully saturated rings. The third-order valence-corrected chi connectivity index (χ3v) is 5.80. The van der Waals surface area contributed by atoms with E-state index in [0.29, 0.717) is 11.8 Å². The second kappa shape index (κ2) is 7.52. The second-order valence-electron chi connectivity index (χ2n) is 7.57. The Kier molecular flexibility index (Phi) is 5.13. The molecule has 4 rings (SSSR count). The summed E-state index contributed by atoms with van der Waals surface area (Å²) in [5, 5.41) is 4.23. The molecule has 0 radical (unpaired) electrons. The maximum atomic E-state index is 13.3. The largest absolute Gasteiger partial charge is 0.381 e. The SMILES string of the molecule is C[C@@H]1CCN(CC2CCOCC2)C[C@H]1c1cc(C(F)F)nc2ncnn12. The summed E-state index contributed by atoms with van der Waals surface area (Å²) in [6, 6.07) is 1.52. The Balaban J connectivity index is 1.58. The van der Waals surface area contributed by atoms with Crippen LogP contribution in [0.5, 0.6) is 0 Å². The molecule has 0 aromatic carbocycles. The van der Waals surface area contributed by atoms with E-state index in [1.54, 1.807) is 4.52 Å². The average molecular weight is 365 g/mol. The molecule has 0 bridgehead atoms. The number of likely N-dealkylation sites (tertiary alicyclic amines) is 1. The maximum Gasteiger partial charge on any atom is 0.280 e. The molecule has 2 aromatic rings. The number of hydrogen-bond donors (Lipinski definition) is 0. The summed E-state index contributed by atoms with van der Waals surface area (Å²) in [6.45, 7) is 6.87. The highest BCUT2D eigenvalue weighted by atomic mass is 19.3. The van der Waals surface area contributed by atoms with Gasteiger partial charge < -0.3 is 9.64 Å². The van der Waals surface area contributed by atoms with E-state index >= 15 is 0 Å². The summed E-state index contributed by atoms with van der Waals surface area (Å²) in [5.41, 5.74) is 0.584. The van der Waals surface area contributed by atoms with Crippen molar-refractivity contribution in [1.82, 2.24) is 24.5 Å². The molecular formula is C18H25F2N5O. The van der Waals surface area contributed by atoms with E-state index in [1.165, 1.54) is 12.4 Å². The van der Waals surface area contributed by atoms with Gasteiger partial charge in [-0.1, -0.05) is 6.92 Å². The van der Waals surface area contributed by atoms with Crippen molar-refractivity contribution in [2.45, 2.75) is 38.5 Å². The van der Waals surface area contributed by atoms with Gasteiger partial charge in [0, 0.05) is 32.2 Å². The van der Waals surface area contributed by atoms with Crippen molar-refractivity contribution in [3.63, 3.8) is 0 Å². The molecule has 0 N–H and O–H groups in total. The predicted molar refractivity (Wildman–Crippen MR) is 92.2 cm³/mol. The first-order valence-corrected chi connectivity index (χ1v) is 9.40. The number of aromatic nitrogens is 4. The molecule has 0 saturated carbocycles. The summed E-state index contributed by atoms with van der Waals surface area (Å²) >= 11 is 0. The van der Waals surface area contributed by atoms with Crippen LogP contribution >= 0.6 is 0 Å². The zero-order chi connectivity index (χ0) is 18.1. The number of alkyl halides is 2. The first-order valence-electron chi connectivity index (χ1n) is 9.40. The summed E-state index contributed by atoms with van der Waals surface area (Å²) in [7, 11) is 0. The number of nitrogens with zero attached hydrogens (tertiary/aromatic N) is 5. The van der Waals surface area contributed by atoms with Gasteiger partial charge >= 0.3 is 0 Å². The summed E-state index contributed by atoms with van der Waals surface area (Å²) in [6.07, 6.45) is 2.04. The Labute approximate surface area is 151 Å². The lowest BCUT2D eigenvalue weighted by Gasteiger charge is -2.39. The van der Waals surface area contributed by atoms with Gasteiger partial charge in [-0.15, -0.1) is 0 Å². The fraction of sp³-hybridized carbons (Fsp3) is 0.722. The van der Waals surface area contributed by atoms with Crippen molar-refractivity contribution < 1.29 is 13.5 Å². The Hall–Kier alpha value is -1.67. The summed E-state index contributed by atoms with van der Waals surface area (Å²) < 4.78 is 33.7. The number of halogens is 2. The van der Waals surface area contributed by atoms with Crippen LogP contribution in [0.1, 0.15) is 49.9 Å². The van der Waals surface area contributed by atoms with Crippen molar-refractivity contribution in [3.05, 3.63) is 23.8 Å². The van der Waals surface area contributed by atoms with Crippen LogP contribution in [-0.4, -0.2) is 57.3 Å². The Morgan fingerprint density at radius 1 is 1.27 bits per heavy atom. The molecule has 2 saturated heterocycles. The number of rotatable bonds is 4. The monoisotopic (exact) mass is 365 g/mol. The Morgan fingerprint density at radius 3 is 2.85 bits per heavy atom. The molecule has 0 amide bonds. The molecule has 6 nitrogen and oxygen atoms in total. The molecule has 4 heterocycles. The van der Waals surface area contributed by atoms with E-state index < -0.39 is 6.43 Å². The highest BCUT2D eigenvalue weighted by molar-refractivity contribution is 5.32. The average Bonchev–Trinajstić information content (AvgIpc) is 3.12. The maximum absolute atomic E-state index is 13.3. The van der Waals surface area contributed by atoms with Gasteiger partial charge in [0.15, 0.2) is 0 Å². The van der Waals surface area contributed by atoms with Crippen LogP contribution in [0.3, 0.4) is 0 Å². The van der Waals surface area contributed by atoms with Crippen molar-refractivity contribution in [3.8, 4) is 0 Å². The lowest BCUT2D eigenvalue weighted by atomic mass is 9.83. The topological polar surface area (TPSA) is 55.5 Å². The van der Waals surface area contributed by atoms with Gasteiger partial charge in [-0.2, -0.15) is 10.1 Å². The lowest BCUT2D eigenvalue weighted by molar-refractivity contribution is 0.0445. The van der Waals surface area contributed by atoms with Gasteiger partial charge in [-0.25, -0.2) is 18.3 Å². The van der Waals surface area contributed by atoms with Gasteiger partial charge in [-0.3, -0.25) is 0 Å². The minimum Gasteiger partial charge on any atom is -0.381 e. The van der Waals surface area contributed by atoms with Crippen LogP contribution in [-0.2, 0) is 4.74 Å². The van der Waals surface area contributed by atoms with E-state index in [1.807, 2.05) is 0 Å². The van der Waals surface area contributed by atoms with Gasteiger partial charge in [0.25, 0.3) is 12.2 Å². The van der Waals surface area contributed by atoms with E-state index in [9.17, 15) is 8.78 Å². The van der Waals surface area contributed by atoms with Crippen LogP contribution in [0.25, 0.3) is 5.78 Å². The standard InChI is InChI=1S/C18H25F2N5O/c1-12-2-5-24(9-13-3-6-26-7-4-13)10-14(12)16-8-15(17(19)20)23-18-21-11-22-25(16)18/h8,11-14,17H,2-7,9-10H2,1H3/t12-,14-/m1/s1. The first-order chi connectivity index (χ1) is 12.6. The molecule has 2 aliphatic heterocycles. The van der Waals surface area contributed by atoms with Crippen molar-refractivity contribution >= 4 is 5.78 Å². The number of piperidine rings is 1. The minimum atomic E-state index is -2.60. The highest BCUT2D eigenvalue weighted by Gasteiger charge is 2.32. The van der Waals surface area contributed by atoms with Crippen LogP contribution < -0.4 is 0 Å². The Bertz CT molecular complexity index is 746. The van der Waals surface area contributed by atoms with Gasteiger partial charge in [0.1, 0.15) is 12.0 Å². The molecule has 2 atom stereocenters. The van der Waals surface area contributed by atoms with Crippen molar-refractivity contribution in [2.24, 2.45) is 11.8 Å². The molecule has 142 valence electrons. The number of ether oxygens (including phenoxy) is 1.